The Morgan fingerprint density at radius 3 is 2.50 bits per heavy atom. The summed E-state index contributed by atoms with van der Waals surface area (Å²) in [5.74, 6) is 0.270. The standard InChI is InChI=1S/C20H16N2O4S2/c1-22-17-10-11-27-19(17)13-18(22)20(23)21-28(24,25)16-9-5-8-15(12-16)26-14-6-3-2-4-7-14/h2-13H,1H3,(H,21,23). The molecule has 0 fully saturated rings. The van der Waals surface area contributed by atoms with Gasteiger partial charge < -0.3 is 9.30 Å². The van der Waals surface area contributed by atoms with Crippen LogP contribution in [0.2, 0.25) is 0 Å². The molecule has 142 valence electrons. The molecule has 0 aliphatic heterocycles. The Morgan fingerprint density at radius 2 is 1.75 bits per heavy atom. The van der Waals surface area contributed by atoms with Crippen molar-refractivity contribution in [2.45, 2.75) is 4.90 Å². The summed E-state index contributed by atoms with van der Waals surface area (Å²) >= 11 is 1.49. The molecule has 0 spiro atoms. The Labute approximate surface area is 166 Å². The van der Waals surface area contributed by atoms with Crippen molar-refractivity contribution in [1.29, 1.82) is 0 Å². The topological polar surface area (TPSA) is 77.4 Å². The maximum absolute atomic E-state index is 12.7. The largest absolute Gasteiger partial charge is 0.457 e. The number of ether oxygens (including phenoxy) is 1. The van der Waals surface area contributed by atoms with E-state index in [-0.39, 0.29) is 10.6 Å². The second-order valence-corrected chi connectivity index (χ2v) is 8.71. The van der Waals surface area contributed by atoms with E-state index in [1.165, 1.54) is 23.5 Å². The number of fused-ring (bicyclic) bond motifs is 1. The van der Waals surface area contributed by atoms with E-state index in [4.69, 9.17) is 4.74 Å². The SMILES string of the molecule is Cn1c(C(=O)NS(=O)(=O)c2cccc(Oc3ccccc3)c2)cc2sccc21. The number of benzene rings is 2. The molecule has 4 aromatic rings. The Bertz CT molecular complexity index is 1260. The van der Waals surface area contributed by atoms with Crippen molar-refractivity contribution < 1.29 is 17.9 Å². The molecule has 1 amide bonds. The zero-order chi connectivity index (χ0) is 19.7. The first-order chi connectivity index (χ1) is 13.4. The highest BCUT2D eigenvalue weighted by Crippen LogP contribution is 2.26. The molecule has 0 aliphatic rings. The zero-order valence-electron chi connectivity index (χ0n) is 14.8. The van der Waals surface area contributed by atoms with Gasteiger partial charge in [-0.1, -0.05) is 24.3 Å². The Kier molecular flexibility index (Phi) is 4.66. The van der Waals surface area contributed by atoms with Gasteiger partial charge in [0.25, 0.3) is 15.9 Å². The molecule has 0 unspecified atom stereocenters. The van der Waals surface area contributed by atoms with Gasteiger partial charge in [0.05, 0.1) is 15.1 Å². The average Bonchev–Trinajstić information content (AvgIpc) is 3.26. The van der Waals surface area contributed by atoms with Crippen molar-refractivity contribution >= 4 is 37.5 Å². The van der Waals surface area contributed by atoms with Gasteiger partial charge in [0.1, 0.15) is 17.2 Å². The molecule has 28 heavy (non-hydrogen) atoms. The summed E-state index contributed by atoms with van der Waals surface area (Å²) in [6.45, 7) is 0. The quantitative estimate of drug-likeness (QED) is 0.534. The fourth-order valence-electron chi connectivity index (χ4n) is 2.83. The number of hydrogen-bond acceptors (Lipinski definition) is 5. The van der Waals surface area contributed by atoms with Crippen LogP contribution < -0.4 is 9.46 Å². The van der Waals surface area contributed by atoms with Crippen LogP contribution in [0.4, 0.5) is 0 Å². The highest BCUT2D eigenvalue weighted by molar-refractivity contribution is 7.90. The molecule has 8 heteroatoms. The molecule has 0 radical (unpaired) electrons. The van der Waals surface area contributed by atoms with Crippen molar-refractivity contribution in [3.05, 3.63) is 77.8 Å². The monoisotopic (exact) mass is 412 g/mol. The van der Waals surface area contributed by atoms with E-state index in [9.17, 15) is 13.2 Å². The lowest BCUT2D eigenvalue weighted by Gasteiger charge is -2.10. The molecule has 0 bridgehead atoms. The van der Waals surface area contributed by atoms with Crippen LogP contribution in [0.25, 0.3) is 10.2 Å². The summed E-state index contributed by atoms with van der Waals surface area (Å²) < 4.78 is 35.8. The van der Waals surface area contributed by atoms with Crippen molar-refractivity contribution in [3.63, 3.8) is 0 Å². The van der Waals surface area contributed by atoms with E-state index in [1.54, 1.807) is 41.9 Å². The van der Waals surface area contributed by atoms with Crippen molar-refractivity contribution in [3.8, 4) is 11.5 Å². The maximum Gasteiger partial charge on any atom is 0.281 e. The Hall–Kier alpha value is -3.10. The number of para-hydroxylation sites is 1. The molecular formula is C20H16N2O4S2. The van der Waals surface area contributed by atoms with Gasteiger partial charge >= 0.3 is 0 Å². The third-order valence-electron chi connectivity index (χ3n) is 4.22. The number of carbonyl (C=O) groups excluding carboxylic acids is 1. The molecule has 4 rings (SSSR count). The van der Waals surface area contributed by atoms with Gasteiger partial charge in [-0.2, -0.15) is 0 Å². The maximum atomic E-state index is 12.7. The number of nitrogens with zero attached hydrogens (tertiary/aromatic N) is 1. The van der Waals surface area contributed by atoms with Crippen LogP contribution >= 0.6 is 11.3 Å². The first-order valence-electron chi connectivity index (χ1n) is 8.37. The molecule has 0 saturated carbocycles. The van der Waals surface area contributed by atoms with E-state index < -0.39 is 15.9 Å². The van der Waals surface area contributed by atoms with E-state index in [2.05, 4.69) is 4.72 Å². The number of amides is 1. The third kappa shape index (κ3) is 3.51. The number of sulfonamides is 1. The van der Waals surface area contributed by atoms with Gasteiger partial charge in [0, 0.05) is 13.1 Å². The third-order valence-corrected chi connectivity index (χ3v) is 6.40. The molecular weight excluding hydrogens is 396 g/mol. The first-order valence-corrected chi connectivity index (χ1v) is 10.7. The Morgan fingerprint density at radius 1 is 1.00 bits per heavy atom. The van der Waals surface area contributed by atoms with Crippen LogP contribution in [0.15, 0.2) is 77.0 Å². The summed E-state index contributed by atoms with van der Waals surface area (Å²) in [6, 6.07) is 18.6. The lowest BCUT2D eigenvalue weighted by Crippen LogP contribution is -2.31. The molecule has 2 heterocycles. The molecule has 6 nitrogen and oxygen atoms in total. The number of aryl methyl sites for hydroxylation is 1. The van der Waals surface area contributed by atoms with Crippen LogP contribution in [0.1, 0.15) is 10.5 Å². The van der Waals surface area contributed by atoms with Crippen molar-refractivity contribution in [2.24, 2.45) is 7.05 Å². The predicted octanol–water partition coefficient (Wildman–Crippen LogP) is 4.15. The highest BCUT2D eigenvalue weighted by Gasteiger charge is 2.22. The van der Waals surface area contributed by atoms with E-state index >= 15 is 0 Å². The van der Waals surface area contributed by atoms with Gasteiger partial charge in [-0.3, -0.25) is 4.79 Å². The molecule has 2 aromatic heterocycles. The fraction of sp³-hybridized carbons (Fsp3) is 0.0500. The van der Waals surface area contributed by atoms with Crippen LogP contribution in [0.5, 0.6) is 11.5 Å². The van der Waals surface area contributed by atoms with Crippen molar-refractivity contribution in [1.82, 2.24) is 9.29 Å². The van der Waals surface area contributed by atoms with Gasteiger partial charge in [-0.05, 0) is 41.8 Å². The number of thiophene rings is 1. The van der Waals surface area contributed by atoms with E-state index in [0.29, 0.717) is 11.5 Å². The van der Waals surface area contributed by atoms with Gasteiger partial charge in [-0.25, -0.2) is 13.1 Å². The highest BCUT2D eigenvalue weighted by atomic mass is 32.2. The number of aromatic nitrogens is 1. The average molecular weight is 412 g/mol. The minimum absolute atomic E-state index is 0.0506. The molecule has 0 aliphatic carbocycles. The number of hydrogen-bond donors (Lipinski definition) is 1. The first kappa shape index (κ1) is 18.3. The number of nitrogens with one attached hydrogen (secondary N) is 1. The minimum atomic E-state index is -4.05. The molecule has 0 atom stereocenters. The second-order valence-electron chi connectivity index (χ2n) is 6.08. The molecule has 0 saturated heterocycles. The van der Waals surface area contributed by atoms with Gasteiger partial charge in [0.2, 0.25) is 0 Å². The summed E-state index contributed by atoms with van der Waals surface area (Å²) in [5.41, 5.74) is 1.16. The van der Waals surface area contributed by atoms with Crippen LogP contribution in [-0.2, 0) is 17.1 Å². The predicted molar refractivity (Wildman–Crippen MR) is 108 cm³/mol. The molecule has 1 N–H and O–H groups in total. The second kappa shape index (κ2) is 7.14. The lowest BCUT2D eigenvalue weighted by atomic mass is 10.3. The van der Waals surface area contributed by atoms with E-state index in [0.717, 1.165) is 10.2 Å². The van der Waals surface area contributed by atoms with Crippen LogP contribution in [0.3, 0.4) is 0 Å². The summed E-state index contributed by atoms with van der Waals surface area (Å²) in [6.07, 6.45) is 0. The molecule has 2 aromatic carbocycles. The van der Waals surface area contributed by atoms with E-state index in [1.807, 2.05) is 29.6 Å². The zero-order valence-corrected chi connectivity index (χ0v) is 16.5. The smallest absolute Gasteiger partial charge is 0.281 e. The summed E-state index contributed by atoms with van der Waals surface area (Å²) in [4.78, 5) is 12.5. The van der Waals surface area contributed by atoms with Gasteiger partial charge in [0.15, 0.2) is 0 Å². The van der Waals surface area contributed by atoms with Gasteiger partial charge in [-0.15, -0.1) is 11.3 Å². The van der Waals surface area contributed by atoms with Crippen LogP contribution in [-0.4, -0.2) is 18.9 Å². The van der Waals surface area contributed by atoms with Crippen LogP contribution in [0, 0.1) is 0 Å². The number of rotatable bonds is 5. The fourth-order valence-corrected chi connectivity index (χ4v) is 4.68. The summed E-state index contributed by atoms with van der Waals surface area (Å²) in [5, 5.41) is 1.92. The summed E-state index contributed by atoms with van der Waals surface area (Å²) in [7, 11) is -2.32. The number of carbonyl (C=O) groups is 1. The minimum Gasteiger partial charge on any atom is -0.457 e. The van der Waals surface area contributed by atoms with Crippen molar-refractivity contribution in [2.75, 3.05) is 0 Å². The Balaban J connectivity index is 1.58. The lowest BCUT2D eigenvalue weighted by molar-refractivity contribution is 0.0974. The normalized spacial score (nSPS) is 11.5.